The number of nitrogens with one attached hydrogen (secondary N) is 2. The van der Waals surface area contributed by atoms with E-state index in [1.54, 1.807) is 0 Å². The van der Waals surface area contributed by atoms with Gasteiger partial charge in [-0.15, -0.1) is 0 Å². The molecule has 0 aliphatic heterocycles. The van der Waals surface area contributed by atoms with Crippen molar-refractivity contribution < 1.29 is 0 Å². The first-order valence-electron chi connectivity index (χ1n) is 8.37. The third-order valence-corrected chi connectivity index (χ3v) is 6.04. The van der Waals surface area contributed by atoms with E-state index < -0.39 is 0 Å². The van der Waals surface area contributed by atoms with Crippen LogP contribution in [0.1, 0.15) is 58.8 Å². The van der Waals surface area contributed by atoms with Gasteiger partial charge >= 0.3 is 0 Å². The van der Waals surface area contributed by atoms with Gasteiger partial charge in [0.25, 0.3) is 0 Å². The molecule has 3 nitrogen and oxygen atoms in total. The van der Waals surface area contributed by atoms with E-state index in [9.17, 15) is 0 Å². The molecule has 116 valence electrons. The molecule has 21 heavy (non-hydrogen) atoms. The maximum absolute atomic E-state index is 5.33. The van der Waals surface area contributed by atoms with Crippen LogP contribution in [0.4, 0.5) is 0 Å². The highest BCUT2D eigenvalue weighted by Gasteiger charge is 2.50. The zero-order valence-electron chi connectivity index (χ0n) is 13.2. The van der Waals surface area contributed by atoms with Crippen LogP contribution in [0, 0.1) is 17.3 Å². The van der Waals surface area contributed by atoms with Crippen molar-refractivity contribution in [2.75, 3.05) is 0 Å². The molecule has 2 saturated carbocycles. The van der Waals surface area contributed by atoms with Crippen LogP contribution in [0.3, 0.4) is 0 Å². The Morgan fingerprint density at radius 3 is 2.76 bits per heavy atom. The molecule has 2 N–H and O–H groups in total. The van der Waals surface area contributed by atoms with E-state index >= 15 is 0 Å². The minimum Gasteiger partial charge on any atom is -0.359 e. The lowest BCUT2D eigenvalue weighted by Crippen LogP contribution is -2.48. The van der Waals surface area contributed by atoms with E-state index in [2.05, 4.69) is 35.8 Å². The molecule has 0 aromatic carbocycles. The monoisotopic (exact) mass is 305 g/mol. The predicted octanol–water partition coefficient (Wildman–Crippen LogP) is 3.76. The molecule has 2 fully saturated rings. The van der Waals surface area contributed by atoms with Gasteiger partial charge < -0.3 is 5.32 Å². The van der Waals surface area contributed by atoms with Crippen LogP contribution in [-0.2, 0) is 0 Å². The van der Waals surface area contributed by atoms with E-state index in [-0.39, 0.29) is 0 Å². The fourth-order valence-corrected chi connectivity index (χ4v) is 4.39. The van der Waals surface area contributed by atoms with Gasteiger partial charge in [-0.3, -0.25) is 5.43 Å². The summed E-state index contributed by atoms with van der Waals surface area (Å²) in [6.45, 7) is 4.77. The minimum absolute atomic E-state index is 0.455. The number of hydrazone groups is 1. The topological polar surface area (TPSA) is 36.4 Å². The van der Waals surface area contributed by atoms with Gasteiger partial charge in [0.2, 0.25) is 0 Å². The van der Waals surface area contributed by atoms with E-state index in [0.29, 0.717) is 22.5 Å². The first kappa shape index (κ1) is 15.0. The van der Waals surface area contributed by atoms with Gasteiger partial charge in [-0.05, 0) is 60.7 Å². The smallest absolute Gasteiger partial charge is 0.187 e. The lowest BCUT2D eigenvalue weighted by atomic mass is 9.49. The van der Waals surface area contributed by atoms with Crippen molar-refractivity contribution in [3.63, 3.8) is 0 Å². The number of allylic oxidation sites excluding steroid dienone is 2. The van der Waals surface area contributed by atoms with Crippen molar-refractivity contribution in [3.05, 3.63) is 11.6 Å². The second-order valence-electron chi connectivity index (χ2n) is 7.42. The Morgan fingerprint density at radius 2 is 2.10 bits per heavy atom. The Balaban J connectivity index is 1.46. The molecule has 0 saturated heterocycles. The van der Waals surface area contributed by atoms with Crippen molar-refractivity contribution in [1.29, 1.82) is 0 Å². The van der Waals surface area contributed by atoms with Crippen molar-refractivity contribution in [1.82, 2.24) is 10.7 Å². The van der Waals surface area contributed by atoms with Crippen molar-refractivity contribution in [3.8, 4) is 0 Å². The Bertz CT molecular complexity index is 461. The van der Waals surface area contributed by atoms with Crippen LogP contribution >= 0.6 is 12.2 Å². The van der Waals surface area contributed by atoms with Crippen LogP contribution in [0.2, 0.25) is 0 Å². The summed E-state index contributed by atoms with van der Waals surface area (Å²) < 4.78 is 0. The second-order valence-corrected chi connectivity index (χ2v) is 7.83. The third kappa shape index (κ3) is 3.15. The molecule has 2 atom stereocenters. The molecule has 0 aromatic rings. The summed E-state index contributed by atoms with van der Waals surface area (Å²) in [5.41, 5.74) is 4.83. The van der Waals surface area contributed by atoms with Gasteiger partial charge in [0, 0.05) is 6.04 Å². The molecule has 4 aliphatic carbocycles. The molecular formula is C17H27N3S. The predicted molar refractivity (Wildman–Crippen MR) is 92.3 cm³/mol. The normalized spacial score (nSPS) is 31.4. The van der Waals surface area contributed by atoms with Crippen LogP contribution in [0.5, 0.6) is 0 Å². The average Bonchev–Trinajstić information content (AvgIpc) is 2.48. The van der Waals surface area contributed by atoms with E-state index in [1.165, 1.54) is 50.5 Å². The number of thiocarbonyl (C=S) groups is 1. The molecule has 0 unspecified atom stereocenters. The van der Waals surface area contributed by atoms with E-state index in [1.807, 2.05) is 6.21 Å². The summed E-state index contributed by atoms with van der Waals surface area (Å²) >= 11 is 5.33. The first-order valence-corrected chi connectivity index (χ1v) is 8.78. The molecule has 4 aliphatic rings. The van der Waals surface area contributed by atoms with Gasteiger partial charge in [-0.2, -0.15) is 5.10 Å². The SMILES string of the molecule is CC1(C)[C@@H]2CC=C(/C=N\NC(=S)NC3CCCCC3)[C@H]1C2. The summed E-state index contributed by atoms with van der Waals surface area (Å²) in [6.07, 6.45) is 13.3. The summed E-state index contributed by atoms with van der Waals surface area (Å²) in [4.78, 5) is 0. The highest BCUT2D eigenvalue weighted by atomic mass is 32.1. The Kier molecular flexibility index (Phi) is 4.34. The van der Waals surface area contributed by atoms with Crippen LogP contribution < -0.4 is 10.7 Å². The molecule has 4 rings (SSSR count). The number of fused-ring (bicyclic) bond motifs is 1. The van der Waals surface area contributed by atoms with Crippen LogP contribution in [-0.4, -0.2) is 17.4 Å². The molecule has 0 radical (unpaired) electrons. The highest BCUT2D eigenvalue weighted by molar-refractivity contribution is 7.80. The lowest BCUT2D eigenvalue weighted by Gasteiger charge is -2.55. The van der Waals surface area contributed by atoms with Gasteiger partial charge in [0.1, 0.15) is 0 Å². The number of hydrogen-bond acceptors (Lipinski definition) is 2. The minimum atomic E-state index is 0.455. The Labute approximate surface area is 133 Å². The largest absolute Gasteiger partial charge is 0.359 e. The van der Waals surface area contributed by atoms with Crippen LogP contribution in [0.25, 0.3) is 0 Å². The summed E-state index contributed by atoms with van der Waals surface area (Å²) in [7, 11) is 0. The van der Waals surface area contributed by atoms with Gasteiger partial charge in [-0.25, -0.2) is 0 Å². The third-order valence-electron chi connectivity index (χ3n) is 5.83. The highest BCUT2D eigenvalue weighted by Crippen LogP contribution is 2.58. The standard InChI is InChI=1S/C17H27N3S/c1-17(2)13-9-8-12(15(17)10-13)11-18-20-16(21)19-14-6-4-3-5-7-14/h8,11,13-15H,3-7,9-10H2,1-2H3,(H2,19,20,21)/b18-11-/t13-,15-/m1/s1. The Morgan fingerprint density at radius 1 is 1.33 bits per heavy atom. The molecule has 4 heteroatoms. The second kappa shape index (κ2) is 6.07. The van der Waals surface area contributed by atoms with Crippen molar-refractivity contribution >= 4 is 23.5 Å². The number of hydrogen-bond donors (Lipinski definition) is 2. The Hall–Kier alpha value is -0.900. The average molecular weight is 305 g/mol. The molecule has 0 heterocycles. The zero-order chi connectivity index (χ0) is 14.9. The molecular weight excluding hydrogens is 278 g/mol. The fourth-order valence-electron chi connectivity index (χ4n) is 4.17. The molecule has 0 amide bonds. The maximum Gasteiger partial charge on any atom is 0.187 e. The summed E-state index contributed by atoms with van der Waals surface area (Å²) in [6, 6.07) is 0.536. The first-order chi connectivity index (χ1) is 10.1. The fraction of sp³-hybridized carbons (Fsp3) is 0.765. The molecule has 0 aromatic heterocycles. The maximum atomic E-state index is 5.33. The lowest BCUT2D eigenvalue weighted by molar-refractivity contribution is -0.00126. The van der Waals surface area contributed by atoms with Crippen molar-refractivity contribution in [2.24, 2.45) is 22.4 Å². The molecule has 2 bridgehead atoms. The summed E-state index contributed by atoms with van der Waals surface area (Å²) in [5.74, 6) is 1.56. The quantitative estimate of drug-likeness (QED) is 0.473. The number of rotatable bonds is 3. The van der Waals surface area contributed by atoms with Gasteiger partial charge in [0.05, 0.1) is 6.21 Å². The van der Waals surface area contributed by atoms with Gasteiger partial charge in [-0.1, -0.05) is 39.2 Å². The van der Waals surface area contributed by atoms with E-state index in [0.717, 1.165) is 5.92 Å². The number of nitrogens with zero attached hydrogens (tertiary/aromatic N) is 1. The summed E-state index contributed by atoms with van der Waals surface area (Å²) in [5, 5.41) is 8.40. The zero-order valence-corrected chi connectivity index (χ0v) is 14.0. The van der Waals surface area contributed by atoms with Crippen LogP contribution in [0.15, 0.2) is 16.8 Å². The van der Waals surface area contributed by atoms with Gasteiger partial charge in [0.15, 0.2) is 5.11 Å². The van der Waals surface area contributed by atoms with E-state index in [4.69, 9.17) is 12.2 Å². The van der Waals surface area contributed by atoms with Crippen molar-refractivity contribution in [2.45, 2.75) is 64.8 Å². The molecule has 0 spiro atoms.